The van der Waals surface area contributed by atoms with Gasteiger partial charge in [-0.2, -0.15) is 4.68 Å². The molecule has 0 unspecified atom stereocenters. The van der Waals surface area contributed by atoms with Gasteiger partial charge in [0, 0.05) is 0 Å². The predicted molar refractivity (Wildman–Crippen MR) is 56.0 cm³/mol. The summed E-state index contributed by atoms with van der Waals surface area (Å²) in [6.45, 7) is 0.0772. The lowest BCUT2D eigenvalue weighted by Gasteiger charge is -2.09. The minimum atomic E-state index is -4.72. The van der Waals surface area contributed by atoms with Gasteiger partial charge in [0.2, 0.25) is 0 Å². The number of rotatable bonds is 4. The van der Waals surface area contributed by atoms with Gasteiger partial charge in [-0.25, -0.2) is 0 Å². The summed E-state index contributed by atoms with van der Waals surface area (Å²) in [7, 11) is 3.20. The van der Waals surface area contributed by atoms with E-state index in [0.29, 0.717) is 11.5 Å². The molecule has 9 heteroatoms. The maximum absolute atomic E-state index is 12.0. The van der Waals surface area contributed by atoms with Crippen LogP contribution in [0.25, 0.3) is 5.69 Å². The molecule has 0 fully saturated rings. The van der Waals surface area contributed by atoms with Crippen LogP contribution in [0.1, 0.15) is 5.82 Å². The van der Waals surface area contributed by atoms with Crippen LogP contribution in [0.5, 0.6) is 5.75 Å². The van der Waals surface area contributed by atoms with E-state index in [9.17, 15) is 13.2 Å². The zero-order valence-electron chi connectivity index (χ0n) is 9.46. The van der Waals surface area contributed by atoms with Crippen molar-refractivity contribution in [2.75, 3.05) is 0 Å². The third-order valence-corrected chi connectivity index (χ3v) is 2.08. The first-order valence-corrected chi connectivity index (χ1v) is 5.00. The predicted octanol–water partition coefficient (Wildman–Crippen LogP) is 1.87. The largest absolute Gasteiger partial charge is 0.573 e. The molecule has 0 aliphatic carbocycles. The van der Waals surface area contributed by atoms with Crippen LogP contribution in [-0.2, 0) is 11.3 Å². The molecule has 0 atom stereocenters. The Balaban J connectivity index is 2.20. The third kappa shape index (κ3) is 3.41. The molecule has 0 amide bonds. The van der Waals surface area contributed by atoms with E-state index in [0.717, 1.165) is 0 Å². The molecule has 6 nitrogen and oxygen atoms in total. The molecule has 0 spiro atoms. The van der Waals surface area contributed by atoms with Crippen molar-refractivity contribution in [2.45, 2.75) is 13.0 Å². The molecule has 2 rings (SSSR count). The Morgan fingerprint density at radius 3 is 2.47 bits per heavy atom. The van der Waals surface area contributed by atoms with Crippen molar-refractivity contribution in [1.29, 1.82) is 0 Å². The highest BCUT2D eigenvalue weighted by atomic mass is 19.4. The fourth-order valence-electron chi connectivity index (χ4n) is 1.38. The number of aromatic nitrogens is 4. The molecule has 19 heavy (non-hydrogen) atoms. The molecule has 0 N–H and O–H groups in total. The minimum Gasteiger partial charge on any atom is -0.406 e. The molecular weight excluding hydrogens is 265 g/mol. The highest BCUT2D eigenvalue weighted by Gasteiger charge is 2.31. The highest BCUT2D eigenvalue weighted by molar-refractivity contribution is 5.37. The van der Waals surface area contributed by atoms with Gasteiger partial charge in [0.25, 0.3) is 0 Å². The SMILES string of the molecule is [CH2]OCc1nnnn1-c1ccc(OC(F)(F)F)cc1. The van der Waals surface area contributed by atoms with Gasteiger partial charge in [0.05, 0.1) is 12.8 Å². The summed E-state index contributed by atoms with van der Waals surface area (Å²) in [5.74, 6) is 0.0544. The molecule has 0 aliphatic heterocycles. The fourth-order valence-corrected chi connectivity index (χ4v) is 1.38. The van der Waals surface area contributed by atoms with E-state index < -0.39 is 6.36 Å². The number of alkyl halides is 3. The van der Waals surface area contributed by atoms with E-state index in [-0.39, 0.29) is 12.4 Å². The average molecular weight is 273 g/mol. The second kappa shape index (κ2) is 5.22. The Morgan fingerprint density at radius 1 is 1.21 bits per heavy atom. The standard InChI is InChI=1S/C10H8F3N4O2/c1-18-6-9-14-15-16-17(9)7-2-4-8(5-3-7)19-10(11,12)13/h2-5H,1,6H2. The number of benzene rings is 1. The Kier molecular flexibility index (Phi) is 3.65. The van der Waals surface area contributed by atoms with Crippen molar-refractivity contribution < 1.29 is 22.6 Å². The zero-order valence-corrected chi connectivity index (χ0v) is 9.46. The van der Waals surface area contributed by atoms with Gasteiger partial charge in [-0.1, -0.05) is 0 Å². The summed E-state index contributed by atoms with van der Waals surface area (Å²) >= 11 is 0. The van der Waals surface area contributed by atoms with Crippen molar-refractivity contribution in [3.63, 3.8) is 0 Å². The van der Waals surface area contributed by atoms with E-state index in [1.54, 1.807) is 0 Å². The average Bonchev–Trinajstić information content (AvgIpc) is 2.77. The van der Waals surface area contributed by atoms with Crippen molar-refractivity contribution in [3.8, 4) is 11.4 Å². The first-order valence-electron chi connectivity index (χ1n) is 5.00. The lowest BCUT2D eigenvalue weighted by molar-refractivity contribution is -0.274. The number of tetrazole rings is 1. The number of ether oxygens (including phenoxy) is 2. The topological polar surface area (TPSA) is 62.1 Å². The van der Waals surface area contributed by atoms with E-state index in [1.165, 1.54) is 28.9 Å². The van der Waals surface area contributed by atoms with E-state index in [1.807, 2.05) is 0 Å². The fraction of sp³-hybridized carbons (Fsp3) is 0.200. The van der Waals surface area contributed by atoms with Crippen LogP contribution in [0.15, 0.2) is 24.3 Å². The maximum atomic E-state index is 12.0. The lowest BCUT2D eigenvalue weighted by atomic mass is 10.3. The van der Waals surface area contributed by atoms with Crippen LogP contribution in [0.2, 0.25) is 0 Å². The van der Waals surface area contributed by atoms with Crippen LogP contribution >= 0.6 is 0 Å². The molecular formula is C10H8F3N4O2. The maximum Gasteiger partial charge on any atom is 0.573 e. The van der Waals surface area contributed by atoms with Gasteiger partial charge in [-0.3, -0.25) is 0 Å². The molecule has 1 heterocycles. The molecule has 2 aromatic rings. The first-order chi connectivity index (χ1) is 8.99. The van der Waals surface area contributed by atoms with Crippen molar-refractivity contribution in [3.05, 3.63) is 37.2 Å². The summed E-state index contributed by atoms with van der Waals surface area (Å²) in [5, 5.41) is 10.8. The van der Waals surface area contributed by atoms with Gasteiger partial charge in [0.15, 0.2) is 5.82 Å². The van der Waals surface area contributed by atoms with Crippen molar-refractivity contribution in [2.24, 2.45) is 0 Å². The van der Waals surface area contributed by atoms with Gasteiger partial charge in [-0.05, 0) is 34.7 Å². The zero-order chi connectivity index (χ0) is 13.9. The molecule has 1 aromatic heterocycles. The minimum absolute atomic E-state index is 0.0772. The molecule has 1 aromatic carbocycles. The normalized spacial score (nSPS) is 11.6. The summed E-state index contributed by atoms with van der Waals surface area (Å²) < 4.78 is 45.7. The third-order valence-electron chi connectivity index (χ3n) is 2.08. The van der Waals surface area contributed by atoms with Crippen LogP contribution in [0, 0.1) is 7.11 Å². The summed E-state index contributed by atoms with van der Waals surface area (Å²) in [6, 6.07) is 5.12. The van der Waals surface area contributed by atoms with Crippen LogP contribution in [-0.4, -0.2) is 26.6 Å². The van der Waals surface area contributed by atoms with Gasteiger partial charge >= 0.3 is 6.36 Å². The van der Waals surface area contributed by atoms with E-state index >= 15 is 0 Å². The van der Waals surface area contributed by atoms with Gasteiger partial charge in [0.1, 0.15) is 12.4 Å². The summed E-state index contributed by atoms with van der Waals surface area (Å²) in [4.78, 5) is 0. The first kappa shape index (κ1) is 13.3. The number of halogens is 3. The number of nitrogens with zero attached hydrogens (tertiary/aromatic N) is 4. The second-order valence-corrected chi connectivity index (χ2v) is 3.40. The van der Waals surface area contributed by atoms with E-state index in [4.69, 9.17) is 0 Å². The second-order valence-electron chi connectivity index (χ2n) is 3.40. The van der Waals surface area contributed by atoms with Crippen molar-refractivity contribution in [1.82, 2.24) is 20.2 Å². The molecule has 0 bridgehead atoms. The quantitative estimate of drug-likeness (QED) is 0.851. The Labute approximate surface area is 105 Å². The monoisotopic (exact) mass is 273 g/mol. The molecule has 101 valence electrons. The summed E-state index contributed by atoms with van der Waals surface area (Å²) in [6.07, 6.45) is -4.72. The Bertz CT molecular complexity index is 538. The van der Waals surface area contributed by atoms with Crippen molar-refractivity contribution >= 4 is 0 Å². The van der Waals surface area contributed by atoms with E-state index in [2.05, 4.69) is 32.1 Å². The molecule has 0 aliphatic rings. The molecule has 1 radical (unpaired) electrons. The highest BCUT2D eigenvalue weighted by Crippen LogP contribution is 2.23. The molecule has 0 saturated carbocycles. The van der Waals surface area contributed by atoms with Crippen LogP contribution in [0.4, 0.5) is 13.2 Å². The van der Waals surface area contributed by atoms with Gasteiger partial charge < -0.3 is 9.47 Å². The summed E-state index contributed by atoms with van der Waals surface area (Å²) in [5.41, 5.74) is 0.478. The van der Waals surface area contributed by atoms with Gasteiger partial charge in [-0.15, -0.1) is 18.3 Å². The number of hydrogen-bond acceptors (Lipinski definition) is 5. The number of hydrogen-bond donors (Lipinski definition) is 0. The smallest absolute Gasteiger partial charge is 0.406 e. The molecule has 0 saturated heterocycles. The Hall–Kier alpha value is -2.16. The Morgan fingerprint density at radius 2 is 1.89 bits per heavy atom. The van der Waals surface area contributed by atoms with Crippen LogP contribution in [0.3, 0.4) is 0 Å². The lowest BCUT2D eigenvalue weighted by Crippen LogP contribution is -2.17. The van der Waals surface area contributed by atoms with Crippen LogP contribution < -0.4 is 4.74 Å².